The minimum absolute atomic E-state index is 0.131. The number of rotatable bonds is 9. The van der Waals surface area contributed by atoms with Crippen LogP contribution in [-0.2, 0) is 11.8 Å². The molecule has 33 heavy (non-hydrogen) atoms. The summed E-state index contributed by atoms with van der Waals surface area (Å²) in [6.07, 6.45) is 3.57. The minimum atomic E-state index is -0.366. The Morgan fingerprint density at radius 2 is 1.91 bits per heavy atom. The van der Waals surface area contributed by atoms with Gasteiger partial charge in [-0.1, -0.05) is 42.1 Å². The quantitative estimate of drug-likeness (QED) is 0.290. The third-order valence-electron chi connectivity index (χ3n) is 4.98. The van der Waals surface area contributed by atoms with Crippen LogP contribution in [-0.4, -0.2) is 42.7 Å². The fourth-order valence-corrected chi connectivity index (χ4v) is 4.04. The first-order chi connectivity index (χ1) is 16.1. The molecule has 0 spiro atoms. The van der Waals surface area contributed by atoms with Gasteiger partial charge in [-0.2, -0.15) is 0 Å². The maximum absolute atomic E-state index is 12.8. The van der Waals surface area contributed by atoms with E-state index >= 15 is 0 Å². The van der Waals surface area contributed by atoms with Crippen molar-refractivity contribution in [1.29, 1.82) is 0 Å². The van der Waals surface area contributed by atoms with Crippen LogP contribution in [0.3, 0.4) is 0 Å². The second-order valence-corrected chi connectivity index (χ2v) is 8.17. The number of benzene rings is 2. The summed E-state index contributed by atoms with van der Waals surface area (Å²) in [4.78, 5) is 17.2. The van der Waals surface area contributed by atoms with Crippen LogP contribution in [0.5, 0.6) is 5.75 Å². The highest BCUT2D eigenvalue weighted by Crippen LogP contribution is 2.24. The Bertz CT molecular complexity index is 1210. The number of imidazole rings is 1. The van der Waals surface area contributed by atoms with Crippen molar-refractivity contribution in [3.05, 3.63) is 78.4 Å². The van der Waals surface area contributed by atoms with Crippen molar-refractivity contribution in [3.63, 3.8) is 0 Å². The second kappa shape index (κ2) is 10.2. The maximum Gasteiger partial charge on any atom is 0.231 e. The Balaban J connectivity index is 1.43. The van der Waals surface area contributed by atoms with Crippen molar-refractivity contribution in [2.45, 2.75) is 18.1 Å². The first-order valence-corrected chi connectivity index (χ1v) is 11.4. The highest BCUT2D eigenvalue weighted by molar-refractivity contribution is 7.99. The number of carbonyl (C=O) groups excluding carboxylic acids is 1. The van der Waals surface area contributed by atoms with E-state index < -0.39 is 0 Å². The van der Waals surface area contributed by atoms with Crippen LogP contribution in [0, 0.1) is 0 Å². The van der Waals surface area contributed by atoms with Crippen molar-refractivity contribution in [1.82, 2.24) is 29.7 Å². The van der Waals surface area contributed by atoms with Crippen LogP contribution >= 0.6 is 11.8 Å². The Morgan fingerprint density at radius 1 is 1.15 bits per heavy atom. The summed E-state index contributed by atoms with van der Waals surface area (Å²) in [6.45, 7) is 2.53. The van der Waals surface area contributed by atoms with E-state index in [1.54, 1.807) is 6.20 Å². The Morgan fingerprint density at radius 3 is 2.58 bits per heavy atom. The molecule has 0 fully saturated rings. The van der Waals surface area contributed by atoms with E-state index in [2.05, 4.69) is 20.5 Å². The van der Waals surface area contributed by atoms with Gasteiger partial charge in [0.25, 0.3) is 0 Å². The zero-order chi connectivity index (χ0) is 23.2. The Labute approximate surface area is 196 Å². The Kier molecular flexibility index (Phi) is 6.94. The lowest BCUT2D eigenvalue weighted by molar-refractivity contribution is -0.119. The van der Waals surface area contributed by atoms with Gasteiger partial charge < -0.3 is 20.5 Å². The van der Waals surface area contributed by atoms with Gasteiger partial charge in [0.2, 0.25) is 11.1 Å². The molecule has 3 N–H and O–H groups in total. The predicted molar refractivity (Wildman–Crippen MR) is 127 cm³/mol. The van der Waals surface area contributed by atoms with E-state index in [1.807, 2.05) is 79.3 Å². The number of amides is 1. The third kappa shape index (κ3) is 5.17. The Hall–Kier alpha value is -3.79. The molecular weight excluding hydrogens is 438 g/mol. The molecule has 0 bridgehead atoms. The molecule has 2 aromatic carbocycles. The van der Waals surface area contributed by atoms with Gasteiger partial charge in [0.05, 0.1) is 12.4 Å². The molecule has 9 nitrogen and oxygen atoms in total. The number of ether oxygens (including phenoxy) is 1. The molecule has 4 rings (SSSR count). The molecule has 170 valence electrons. The molecule has 0 aliphatic carbocycles. The summed E-state index contributed by atoms with van der Waals surface area (Å²) < 4.78 is 8.75. The van der Waals surface area contributed by atoms with Crippen LogP contribution in [0.2, 0.25) is 0 Å². The topological polar surface area (TPSA) is 113 Å². The standard InChI is InChI=1S/C23H25N7O2S/c1-3-32-18-11-9-17(10-12-18)21-27-28-23(30(21)24)33-15-19(31)26-20(16-7-5-4-6-8-16)22-25-13-14-29(22)2/h4-14,20H,3,15,24H2,1-2H3,(H,26,31). The van der Waals surface area contributed by atoms with Crippen LogP contribution in [0.1, 0.15) is 24.4 Å². The van der Waals surface area contributed by atoms with E-state index in [0.717, 1.165) is 22.7 Å². The molecule has 1 atom stereocenters. The van der Waals surface area contributed by atoms with Crippen LogP contribution in [0.25, 0.3) is 11.4 Å². The smallest absolute Gasteiger partial charge is 0.231 e. The minimum Gasteiger partial charge on any atom is -0.494 e. The normalized spacial score (nSPS) is 11.8. The van der Waals surface area contributed by atoms with Gasteiger partial charge in [-0.05, 0) is 36.8 Å². The number of hydrogen-bond acceptors (Lipinski definition) is 7. The van der Waals surface area contributed by atoms with Gasteiger partial charge in [-0.25, -0.2) is 9.66 Å². The summed E-state index contributed by atoms with van der Waals surface area (Å²) in [5, 5.41) is 11.8. The highest BCUT2D eigenvalue weighted by atomic mass is 32.2. The average Bonchev–Trinajstić information content (AvgIpc) is 3.42. The van der Waals surface area contributed by atoms with Gasteiger partial charge in [0, 0.05) is 25.0 Å². The number of nitrogens with one attached hydrogen (secondary N) is 1. The van der Waals surface area contributed by atoms with E-state index in [4.69, 9.17) is 10.6 Å². The summed E-state index contributed by atoms with van der Waals surface area (Å²) in [5.41, 5.74) is 1.76. The molecule has 10 heteroatoms. The molecule has 0 saturated heterocycles. The van der Waals surface area contributed by atoms with Crippen LogP contribution < -0.4 is 15.9 Å². The summed E-state index contributed by atoms with van der Waals surface area (Å²) in [7, 11) is 1.90. The number of nitrogens with two attached hydrogens (primary N) is 1. The molecule has 1 unspecified atom stereocenters. The molecule has 0 aliphatic rings. The zero-order valence-corrected chi connectivity index (χ0v) is 19.2. The number of thioether (sulfide) groups is 1. The summed E-state index contributed by atoms with van der Waals surface area (Å²) >= 11 is 1.22. The summed E-state index contributed by atoms with van der Waals surface area (Å²) in [5.74, 6) is 8.20. The van der Waals surface area contributed by atoms with E-state index in [1.165, 1.54) is 16.4 Å². The molecule has 2 heterocycles. The van der Waals surface area contributed by atoms with Crippen molar-refractivity contribution in [3.8, 4) is 17.1 Å². The molecule has 4 aromatic rings. The average molecular weight is 464 g/mol. The molecular formula is C23H25N7O2S. The largest absolute Gasteiger partial charge is 0.494 e. The molecule has 0 aliphatic heterocycles. The molecule has 0 saturated carbocycles. The van der Waals surface area contributed by atoms with Crippen molar-refractivity contribution >= 4 is 17.7 Å². The van der Waals surface area contributed by atoms with Gasteiger partial charge >= 0.3 is 0 Å². The fourth-order valence-electron chi connectivity index (χ4n) is 3.37. The molecule has 2 aromatic heterocycles. The van der Waals surface area contributed by atoms with Gasteiger partial charge in [0.15, 0.2) is 5.82 Å². The first kappa shape index (κ1) is 22.4. The molecule has 0 radical (unpaired) electrons. The number of carbonyl (C=O) groups is 1. The number of hydrogen-bond donors (Lipinski definition) is 2. The predicted octanol–water partition coefficient (Wildman–Crippen LogP) is 2.79. The number of aromatic nitrogens is 5. The fraction of sp³-hybridized carbons (Fsp3) is 0.217. The van der Waals surface area contributed by atoms with Crippen molar-refractivity contribution in [2.75, 3.05) is 18.2 Å². The van der Waals surface area contributed by atoms with Crippen molar-refractivity contribution < 1.29 is 9.53 Å². The van der Waals surface area contributed by atoms with Crippen molar-refractivity contribution in [2.24, 2.45) is 7.05 Å². The number of nitrogens with zero attached hydrogens (tertiary/aromatic N) is 5. The lowest BCUT2D eigenvalue weighted by Gasteiger charge is -2.19. The first-order valence-electron chi connectivity index (χ1n) is 10.4. The highest BCUT2D eigenvalue weighted by Gasteiger charge is 2.21. The molecule has 1 amide bonds. The van der Waals surface area contributed by atoms with E-state index in [9.17, 15) is 4.79 Å². The van der Waals surface area contributed by atoms with Gasteiger partial charge in [-0.3, -0.25) is 4.79 Å². The van der Waals surface area contributed by atoms with Crippen LogP contribution in [0.4, 0.5) is 0 Å². The second-order valence-electron chi connectivity index (χ2n) is 7.23. The van der Waals surface area contributed by atoms with E-state index in [-0.39, 0.29) is 17.7 Å². The van der Waals surface area contributed by atoms with Gasteiger partial charge in [-0.15, -0.1) is 10.2 Å². The lowest BCUT2D eigenvalue weighted by atomic mass is 10.1. The zero-order valence-electron chi connectivity index (χ0n) is 18.4. The third-order valence-corrected chi connectivity index (χ3v) is 5.92. The number of nitrogen functional groups attached to an aromatic ring is 1. The monoisotopic (exact) mass is 463 g/mol. The van der Waals surface area contributed by atoms with Gasteiger partial charge in [0.1, 0.15) is 17.6 Å². The summed E-state index contributed by atoms with van der Waals surface area (Å²) in [6, 6.07) is 16.8. The van der Waals surface area contributed by atoms with E-state index in [0.29, 0.717) is 17.6 Å². The lowest BCUT2D eigenvalue weighted by Crippen LogP contribution is -2.32. The SMILES string of the molecule is CCOc1ccc(-c2nnc(SCC(=O)NC(c3ccccc3)c3nccn3C)n2N)cc1. The van der Waals surface area contributed by atoms with Crippen LogP contribution in [0.15, 0.2) is 72.1 Å². The number of aryl methyl sites for hydroxylation is 1. The maximum atomic E-state index is 12.8.